The van der Waals surface area contributed by atoms with E-state index in [0.29, 0.717) is 18.4 Å². The number of hydrogen-bond donors (Lipinski definition) is 2. The van der Waals surface area contributed by atoms with Gasteiger partial charge in [0.25, 0.3) is 0 Å². The monoisotopic (exact) mass is 288 g/mol. The van der Waals surface area contributed by atoms with Crippen molar-refractivity contribution in [3.05, 3.63) is 11.3 Å². The SMILES string of the molecule is CNc1nc(N2C[C@@H](C)[C@](O)(C3CC3)C2)nc2c1CCC2. The van der Waals surface area contributed by atoms with Crippen LogP contribution in [0.2, 0.25) is 0 Å². The molecule has 5 heteroatoms. The molecule has 1 saturated carbocycles. The number of anilines is 2. The van der Waals surface area contributed by atoms with E-state index in [0.717, 1.165) is 31.2 Å². The summed E-state index contributed by atoms with van der Waals surface area (Å²) in [6.45, 7) is 3.69. The van der Waals surface area contributed by atoms with Crippen molar-refractivity contribution in [3.8, 4) is 0 Å². The zero-order chi connectivity index (χ0) is 14.6. The zero-order valence-electron chi connectivity index (χ0n) is 12.9. The van der Waals surface area contributed by atoms with Crippen molar-refractivity contribution in [3.63, 3.8) is 0 Å². The fraction of sp³-hybridized carbons (Fsp3) is 0.750. The molecular weight excluding hydrogens is 264 g/mol. The highest BCUT2D eigenvalue weighted by atomic mass is 16.3. The molecule has 0 unspecified atom stereocenters. The van der Waals surface area contributed by atoms with Gasteiger partial charge in [-0.15, -0.1) is 0 Å². The fourth-order valence-corrected chi connectivity index (χ4v) is 4.05. The second kappa shape index (κ2) is 4.57. The second-order valence-electron chi connectivity index (χ2n) is 6.95. The van der Waals surface area contributed by atoms with Gasteiger partial charge in [0.15, 0.2) is 0 Å². The van der Waals surface area contributed by atoms with Gasteiger partial charge in [0.2, 0.25) is 5.95 Å². The van der Waals surface area contributed by atoms with Crippen LogP contribution in [0.1, 0.15) is 37.4 Å². The lowest BCUT2D eigenvalue weighted by Crippen LogP contribution is -2.39. The maximum Gasteiger partial charge on any atom is 0.227 e. The Morgan fingerprint density at radius 1 is 1.29 bits per heavy atom. The van der Waals surface area contributed by atoms with Crippen LogP contribution in [0, 0.1) is 11.8 Å². The number of nitrogens with zero attached hydrogens (tertiary/aromatic N) is 3. The molecule has 2 fully saturated rings. The van der Waals surface area contributed by atoms with E-state index in [4.69, 9.17) is 9.97 Å². The molecule has 21 heavy (non-hydrogen) atoms. The van der Waals surface area contributed by atoms with Gasteiger partial charge in [-0.3, -0.25) is 0 Å². The van der Waals surface area contributed by atoms with Crippen LogP contribution in [0.3, 0.4) is 0 Å². The number of hydrogen-bond acceptors (Lipinski definition) is 5. The first-order valence-electron chi connectivity index (χ1n) is 8.16. The minimum atomic E-state index is -0.540. The summed E-state index contributed by atoms with van der Waals surface area (Å²) in [7, 11) is 1.93. The molecule has 4 rings (SSSR count). The number of β-amino-alcohol motifs (C(OH)–C–C–N with tert-alkyl or cyclic N) is 1. The lowest BCUT2D eigenvalue weighted by Gasteiger charge is -2.26. The number of aryl methyl sites for hydroxylation is 1. The third-order valence-corrected chi connectivity index (χ3v) is 5.52. The Hall–Kier alpha value is -1.36. The highest BCUT2D eigenvalue weighted by Gasteiger charge is 2.53. The first kappa shape index (κ1) is 13.3. The number of fused-ring (bicyclic) bond motifs is 1. The molecule has 1 aromatic rings. The highest BCUT2D eigenvalue weighted by Crippen LogP contribution is 2.47. The summed E-state index contributed by atoms with van der Waals surface area (Å²) in [5.41, 5.74) is 1.94. The Morgan fingerprint density at radius 2 is 2.10 bits per heavy atom. The Kier molecular flexibility index (Phi) is 2.89. The van der Waals surface area contributed by atoms with E-state index in [1.54, 1.807) is 0 Å². The summed E-state index contributed by atoms with van der Waals surface area (Å²) in [6.07, 6.45) is 5.64. The van der Waals surface area contributed by atoms with Gasteiger partial charge >= 0.3 is 0 Å². The van der Waals surface area contributed by atoms with Gasteiger partial charge < -0.3 is 15.3 Å². The average Bonchev–Trinajstić information content (AvgIpc) is 3.16. The molecule has 2 aliphatic carbocycles. The third kappa shape index (κ3) is 2.01. The van der Waals surface area contributed by atoms with Gasteiger partial charge in [-0.05, 0) is 38.0 Å². The quantitative estimate of drug-likeness (QED) is 0.885. The van der Waals surface area contributed by atoms with Crippen molar-refractivity contribution >= 4 is 11.8 Å². The molecule has 2 atom stereocenters. The summed E-state index contributed by atoms with van der Waals surface area (Å²) in [5.74, 6) is 2.54. The number of aliphatic hydroxyl groups is 1. The molecule has 0 spiro atoms. The van der Waals surface area contributed by atoms with E-state index in [1.807, 2.05) is 7.05 Å². The van der Waals surface area contributed by atoms with Crippen LogP contribution >= 0.6 is 0 Å². The Morgan fingerprint density at radius 3 is 2.81 bits per heavy atom. The predicted molar refractivity (Wildman–Crippen MR) is 82.7 cm³/mol. The van der Waals surface area contributed by atoms with Crippen molar-refractivity contribution in [1.29, 1.82) is 0 Å². The molecule has 0 amide bonds. The summed E-state index contributed by atoms with van der Waals surface area (Å²) in [5, 5.41) is 14.2. The van der Waals surface area contributed by atoms with Crippen LogP contribution in [-0.4, -0.2) is 40.8 Å². The van der Waals surface area contributed by atoms with Gasteiger partial charge in [0.1, 0.15) is 5.82 Å². The van der Waals surface area contributed by atoms with Crippen molar-refractivity contribution in [2.75, 3.05) is 30.4 Å². The predicted octanol–water partition coefficient (Wildman–Crippen LogP) is 1.60. The Balaban J connectivity index is 1.65. The summed E-state index contributed by atoms with van der Waals surface area (Å²) < 4.78 is 0. The van der Waals surface area contributed by atoms with Gasteiger partial charge in [-0.2, -0.15) is 4.98 Å². The molecule has 1 aliphatic heterocycles. The first-order chi connectivity index (χ1) is 10.1. The standard InChI is InChI=1S/C16H24N4O/c1-10-8-20(9-16(10,21)11-6-7-11)15-18-13-5-3-4-12(13)14(17-2)19-15/h10-11,21H,3-9H2,1-2H3,(H,17,18,19)/t10-,16+/m1/s1. The summed E-state index contributed by atoms with van der Waals surface area (Å²) >= 11 is 0. The molecule has 5 nitrogen and oxygen atoms in total. The van der Waals surface area contributed by atoms with E-state index >= 15 is 0 Å². The van der Waals surface area contributed by atoms with Crippen LogP contribution in [0.5, 0.6) is 0 Å². The van der Waals surface area contributed by atoms with Crippen molar-refractivity contribution in [2.24, 2.45) is 11.8 Å². The molecule has 114 valence electrons. The molecule has 2 N–H and O–H groups in total. The maximum atomic E-state index is 10.9. The van der Waals surface area contributed by atoms with Crippen LogP contribution in [-0.2, 0) is 12.8 Å². The molecule has 0 radical (unpaired) electrons. The molecular formula is C16H24N4O. The van der Waals surface area contributed by atoms with E-state index in [1.165, 1.54) is 30.5 Å². The normalized spacial score (nSPS) is 31.6. The maximum absolute atomic E-state index is 10.9. The number of nitrogens with one attached hydrogen (secondary N) is 1. The van der Waals surface area contributed by atoms with Gasteiger partial charge in [0.05, 0.1) is 17.8 Å². The van der Waals surface area contributed by atoms with E-state index in [-0.39, 0.29) is 0 Å². The molecule has 0 aromatic carbocycles. The third-order valence-electron chi connectivity index (χ3n) is 5.52. The average molecular weight is 288 g/mol. The lowest BCUT2D eigenvalue weighted by molar-refractivity contribution is 0.00279. The first-order valence-corrected chi connectivity index (χ1v) is 8.16. The Labute approximate surface area is 125 Å². The van der Waals surface area contributed by atoms with Gasteiger partial charge in [-0.25, -0.2) is 4.98 Å². The van der Waals surface area contributed by atoms with Crippen LogP contribution < -0.4 is 10.2 Å². The smallest absolute Gasteiger partial charge is 0.227 e. The fourth-order valence-electron chi connectivity index (χ4n) is 4.05. The van der Waals surface area contributed by atoms with Gasteiger partial charge in [0, 0.05) is 25.1 Å². The largest absolute Gasteiger partial charge is 0.387 e. The van der Waals surface area contributed by atoms with Crippen LogP contribution in [0.25, 0.3) is 0 Å². The van der Waals surface area contributed by atoms with E-state index < -0.39 is 5.60 Å². The second-order valence-corrected chi connectivity index (χ2v) is 6.95. The van der Waals surface area contributed by atoms with E-state index in [9.17, 15) is 5.11 Å². The van der Waals surface area contributed by atoms with Crippen molar-refractivity contribution in [1.82, 2.24) is 9.97 Å². The number of aromatic nitrogens is 2. The molecule has 0 bridgehead atoms. The minimum Gasteiger partial charge on any atom is -0.387 e. The van der Waals surface area contributed by atoms with Crippen LogP contribution in [0.15, 0.2) is 0 Å². The molecule has 3 aliphatic rings. The van der Waals surface area contributed by atoms with Crippen molar-refractivity contribution in [2.45, 2.75) is 44.6 Å². The molecule has 2 heterocycles. The lowest BCUT2D eigenvalue weighted by atomic mass is 9.88. The minimum absolute atomic E-state index is 0.292. The van der Waals surface area contributed by atoms with Crippen molar-refractivity contribution < 1.29 is 5.11 Å². The Bertz CT molecular complexity index is 572. The summed E-state index contributed by atoms with van der Waals surface area (Å²) in [6, 6.07) is 0. The topological polar surface area (TPSA) is 61.3 Å². The number of rotatable bonds is 3. The molecule has 1 saturated heterocycles. The zero-order valence-corrected chi connectivity index (χ0v) is 12.9. The highest BCUT2D eigenvalue weighted by molar-refractivity contribution is 5.53. The van der Waals surface area contributed by atoms with Crippen LogP contribution in [0.4, 0.5) is 11.8 Å². The summed E-state index contributed by atoms with van der Waals surface area (Å²) in [4.78, 5) is 11.7. The van der Waals surface area contributed by atoms with E-state index in [2.05, 4.69) is 17.1 Å². The van der Waals surface area contributed by atoms with Gasteiger partial charge in [-0.1, -0.05) is 6.92 Å². The molecule has 1 aromatic heterocycles.